The van der Waals surface area contributed by atoms with Crippen molar-refractivity contribution >= 4 is 40.4 Å². The summed E-state index contributed by atoms with van der Waals surface area (Å²) in [7, 11) is 0. The van der Waals surface area contributed by atoms with Gasteiger partial charge < -0.3 is 9.47 Å². The molecule has 1 amide bonds. The van der Waals surface area contributed by atoms with Gasteiger partial charge in [-0.05, 0) is 83.5 Å². The van der Waals surface area contributed by atoms with Gasteiger partial charge in [-0.15, -0.1) is 0 Å². The fraction of sp³-hybridized carbons (Fsp3) is 0.167. The molecule has 0 aliphatic carbocycles. The van der Waals surface area contributed by atoms with Crippen molar-refractivity contribution in [3.8, 4) is 11.5 Å². The predicted molar refractivity (Wildman–Crippen MR) is 134 cm³/mol. The molecule has 8 nitrogen and oxygen atoms in total. The van der Waals surface area contributed by atoms with Crippen molar-refractivity contribution in [2.24, 2.45) is 5.10 Å². The van der Waals surface area contributed by atoms with Crippen LogP contribution < -0.4 is 14.9 Å². The van der Waals surface area contributed by atoms with Crippen molar-refractivity contribution in [1.82, 2.24) is 5.43 Å². The molecule has 0 fully saturated rings. The quantitative estimate of drug-likeness (QED) is 0.167. The molecule has 3 aromatic rings. The molecular formula is C24H22IN3O5. The first kappa shape index (κ1) is 24.2. The Bertz CT molecular complexity index is 1180. The minimum Gasteiger partial charge on any atom is -0.490 e. The molecule has 0 spiro atoms. The van der Waals surface area contributed by atoms with Crippen molar-refractivity contribution in [2.75, 3.05) is 6.61 Å². The van der Waals surface area contributed by atoms with Crippen LogP contribution in [0.4, 0.5) is 5.69 Å². The summed E-state index contributed by atoms with van der Waals surface area (Å²) in [6.45, 7) is 4.41. The fourth-order valence-corrected chi connectivity index (χ4v) is 3.77. The number of non-ortho nitro benzene ring substituents is 1. The summed E-state index contributed by atoms with van der Waals surface area (Å²) in [5.74, 6) is 0.821. The number of hydrogen-bond donors (Lipinski definition) is 1. The van der Waals surface area contributed by atoms with Gasteiger partial charge in [0.25, 0.3) is 11.6 Å². The van der Waals surface area contributed by atoms with Crippen molar-refractivity contribution in [3.05, 3.63) is 96.6 Å². The van der Waals surface area contributed by atoms with Gasteiger partial charge in [0.15, 0.2) is 11.5 Å². The average Bonchev–Trinajstić information content (AvgIpc) is 2.79. The van der Waals surface area contributed by atoms with Crippen LogP contribution >= 0.6 is 22.6 Å². The van der Waals surface area contributed by atoms with Crippen LogP contribution in [0.3, 0.4) is 0 Å². The van der Waals surface area contributed by atoms with E-state index in [2.05, 4.69) is 33.1 Å². The van der Waals surface area contributed by atoms with Gasteiger partial charge in [0.1, 0.15) is 6.61 Å². The lowest BCUT2D eigenvalue weighted by Crippen LogP contribution is -2.18. The predicted octanol–water partition coefficient (Wildman–Crippen LogP) is 5.25. The van der Waals surface area contributed by atoms with E-state index in [1.54, 1.807) is 36.5 Å². The number of nitro benzene ring substituents is 1. The third kappa shape index (κ3) is 6.51. The maximum Gasteiger partial charge on any atom is 0.271 e. The zero-order chi connectivity index (χ0) is 23.8. The number of ether oxygens (including phenoxy) is 2. The first-order valence-corrected chi connectivity index (χ1v) is 11.2. The van der Waals surface area contributed by atoms with E-state index in [4.69, 9.17) is 9.47 Å². The number of nitrogens with one attached hydrogen (secondary N) is 1. The lowest BCUT2D eigenvalue weighted by molar-refractivity contribution is -0.384. The van der Waals surface area contributed by atoms with Gasteiger partial charge in [-0.1, -0.05) is 18.2 Å². The Morgan fingerprint density at radius 2 is 1.88 bits per heavy atom. The Hall–Kier alpha value is -3.47. The van der Waals surface area contributed by atoms with Gasteiger partial charge in [-0.2, -0.15) is 5.10 Å². The summed E-state index contributed by atoms with van der Waals surface area (Å²) in [6, 6.07) is 17.1. The van der Waals surface area contributed by atoms with Crippen LogP contribution in [0, 0.1) is 20.6 Å². The van der Waals surface area contributed by atoms with Gasteiger partial charge >= 0.3 is 0 Å². The number of nitrogens with zero attached hydrogens (tertiary/aromatic N) is 2. The van der Waals surface area contributed by atoms with E-state index in [1.807, 2.05) is 32.0 Å². The molecule has 0 bridgehead atoms. The number of hydrazone groups is 1. The number of halogens is 1. The molecule has 0 aliphatic rings. The number of rotatable bonds is 9. The number of benzene rings is 3. The largest absolute Gasteiger partial charge is 0.490 e. The summed E-state index contributed by atoms with van der Waals surface area (Å²) in [6.07, 6.45) is 1.54. The van der Waals surface area contributed by atoms with Crippen molar-refractivity contribution < 1.29 is 19.2 Å². The molecule has 0 aromatic heterocycles. The molecule has 0 unspecified atom stereocenters. The number of nitro groups is 1. The normalized spacial score (nSPS) is 10.8. The minimum atomic E-state index is -0.440. The number of carbonyl (C=O) groups is 1. The summed E-state index contributed by atoms with van der Waals surface area (Å²) in [5, 5.41) is 14.9. The monoisotopic (exact) mass is 559 g/mol. The van der Waals surface area contributed by atoms with Gasteiger partial charge in [0.2, 0.25) is 0 Å². The highest BCUT2D eigenvalue weighted by molar-refractivity contribution is 14.1. The molecule has 3 aromatic carbocycles. The van der Waals surface area contributed by atoms with E-state index in [9.17, 15) is 14.9 Å². The molecule has 0 radical (unpaired) electrons. The van der Waals surface area contributed by atoms with E-state index in [-0.39, 0.29) is 18.2 Å². The first-order valence-electron chi connectivity index (χ1n) is 10.1. The van der Waals surface area contributed by atoms with E-state index in [0.29, 0.717) is 23.7 Å². The zero-order valence-corrected chi connectivity index (χ0v) is 20.2. The van der Waals surface area contributed by atoms with Crippen molar-refractivity contribution in [3.63, 3.8) is 0 Å². The summed E-state index contributed by atoms with van der Waals surface area (Å²) in [5.41, 5.74) is 5.53. The lowest BCUT2D eigenvalue weighted by atomic mass is 10.1. The van der Waals surface area contributed by atoms with Crippen LogP contribution in [0.5, 0.6) is 11.5 Å². The van der Waals surface area contributed by atoms with E-state index in [1.165, 1.54) is 12.1 Å². The second-order valence-corrected chi connectivity index (χ2v) is 8.15. The highest BCUT2D eigenvalue weighted by Gasteiger charge is 2.13. The Morgan fingerprint density at radius 1 is 1.15 bits per heavy atom. The Balaban J connectivity index is 1.72. The number of aryl methyl sites for hydroxylation is 1. The molecule has 0 heterocycles. The minimum absolute atomic E-state index is 0.0292. The molecule has 170 valence electrons. The fourth-order valence-electron chi connectivity index (χ4n) is 2.99. The van der Waals surface area contributed by atoms with Crippen molar-refractivity contribution in [2.45, 2.75) is 20.5 Å². The second-order valence-electron chi connectivity index (χ2n) is 6.99. The smallest absolute Gasteiger partial charge is 0.271 e. The summed E-state index contributed by atoms with van der Waals surface area (Å²) in [4.78, 5) is 22.7. The third-order valence-electron chi connectivity index (χ3n) is 4.63. The van der Waals surface area contributed by atoms with Crippen LogP contribution in [0.15, 0.2) is 65.8 Å². The topological polar surface area (TPSA) is 103 Å². The van der Waals surface area contributed by atoms with Crippen LogP contribution in [-0.2, 0) is 6.61 Å². The molecule has 0 saturated carbocycles. The van der Waals surface area contributed by atoms with Gasteiger partial charge in [-0.3, -0.25) is 14.9 Å². The third-order valence-corrected chi connectivity index (χ3v) is 5.43. The number of amides is 1. The Morgan fingerprint density at radius 3 is 2.55 bits per heavy atom. The molecule has 0 saturated heterocycles. The SMILES string of the molecule is CCOc1cc(/C=N\NC(=O)c2ccccc2C)cc(I)c1OCc1ccc([N+](=O)[O-])cc1. The number of hydrogen-bond acceptors (Lipinski definition) is 6. The maximum absolute atomic E-state index is 12.3. The van der Waals surface area contributed by atoms with Crippen LogP contribution in [0.25, 0.3) is 0 Å². The Labute approximate surface area is 204 Å². The average molecular weight is 559 g/mol. The van der Waals surface area contributed by atoms with Gasteiger partial charge in [0, 0.05) is 17.7 Å². The summed E-state index contributed by atoms with van der Waals surface area (Å²) < 4.78 is 12.5. The zero-order valence-electron chi connectivity index (χ0n) is 18.1. The van der Waals surface area contributed by atoms with Crippen molar-refractivity contribution in [1.29, 1.82) is 0 Å². The molecule has 33 heavy (non-hydrogen) atoms. The molecule has 3 rings (SSSR count). The highest BCUT2D eigenvalue weighted by Crippen LogP contribution is 2.34. The molecule has 0 aliphatic heterocycles. The molecule has 9 heteroatoms. The van der Waals surface area contributed by atoms with Crippen LogP contribution in [-0.4, -0.2) is 23.7 Å². The van der Waals surface area contributed by atoms with E-state index in [0.717, 1.165) is 20.3 Å². The van der Waals surface area contributed by atoms with E-state index < -0.39 is 4.92 Å². The maximum atomic E-state index is 12.3. The highest BCUT2D eigenvalue weighted by atomic mass is 127. The first-order chi connectivity index (χ1) is 15.9. The van der Waals surface area contributed by atoms with Gasteiger partial charge in [0.05, 0.1) is 21.3 Å². The van der Waals surface area contributed by atoms with Crippen LogP contribution in [0.1, 0.15) is 34.0 Å². The number of carbonyl (C=O) groups excluding carboxylic acids is 1. The molecule has 1 N–H and O–H groups in total. The summed E-state index contributed by atoms with van der Waals surface area (Å²) >= 11 is 2.14. The standard InChI is InChI=1S/C24H22IN3O5/c1-3-32-22-13-18(14-26-27-24(29)20-7-5-4-6-16(20)2)12-21(25)23(22)33-15-17-8-10-19(11-9-17)28(30)31/h4-14H,3,15H2,1-2H3,(H,27,29)/b26-14-. The second kappa shape index (κ2) is 11.4. The van der Waals surface area contributed by atoms with E-state index >= 15 is 0 Å². The Kier molecular flexibility index (Phi) is 8.36. The molecular weight excluding hydrogens is 537 g/mol. The van der Waals surface area contributed by atoms with Gasteiger partial charge in [-0.25, -0.2) is 5.43 Å². The lowest BCUT2D eigenvalue weighted by Gasteiger charge is -2.14. The van der Waals surface area contributed by atoms with Crippen LogP contribution in [0.2, 0.25) is 0 Å². The molecule has 0 atom stereocenters.